The minimum Gasteiger partial charge on any atom is -0.357 e. The largest absolute Gasteiger partial charge is 0.357 e. The van der Waals surface area contributed by atoms with Gasteiger partial charge in [-0.25, -0.2) is 0 Å². The highest BCUT2D eigenvalue weighted by Gasteiger charge is 2.20. The maximum Gasteiger partial charge on any atom is 0.225 e. The summed E-state index contributed by atoms with van der Waals surface area (Å²) >= 11 is 6.24. The van der Waals surface area contributed by atoms with E-state index >= 15 is 0 Å². The first-order valence-electron chi connectivity index (χ1n) is 8.33. The lowest BCUT2D eigenvalue weighted by Crippen LogP contribution is -2.40. The van der Waals surface area contributed by atoms with Crippen molar-refractivity contribution in [2.24, 2.45) is 10.4 Å². The number of amides is 1. The fraction of sp³-hybridized carbons (Fsp3) is 0.556. The van der Waals surface area contributed by atoms with Crippen LogP contribution < -0.4 is 16.0 Å². The Morgan fingerprint density at radius 3 is 2.44 bits per heavy atom. The van der Waals surface area contributed by atoms with Crippen molar-refractivity contribution in [2.45, 2.75) is 40.7 Å². The van der Waals surface area contributed by atoms with E-state index in [1.54, 1.807) is 0 Å². The minimum atomic E-state index is -0.384. The molecule has 1 rings (SSSR count). The molecule has 0 fully saturated rings. The first-order valence-corrected chi connectivity index (χ1v) is 8.71. The van der Waals surface area contributed by atoms with E-state index < -0.39 is 0 Å². The molecular formula is C18H30ClIN4O. The van der Waals surface area contributed by atoms with Crippen molar-refractivity contribution >= 4 is 47.4 Å². The molecule has 0 heterocycles. The van der Waals surface area contributed by atoms with Crippen molar-refractivity contribution in [1.29, 1.82) is 0 Å². The predicted molar refractivity (Wildman–Crippen MR) is 117 cm³/mol. The van der Waals surface area contributed by atoms with Crippen LogP contribution in [0.5, 0.6) is 0 Å². The number of halogens is 2. The highest BCUT2D eigenvalue weighted by atomic mass is 127. The molecule has 0 aliphatic carbocycles. The average Bonchev–Trinajstić information content (AvgIpc) is 2.50. The van der Waals surface area contributed by atoms with E-state index in [4.69, 9.17) is 11.6 Å². The van der Waals surface area contributed by atoms with Crippen LogP contribution >= 0.6 is 35.6 Å². The molecule has 1 aromatic carbocycles. The monoisotopic (exact) mass is 480 g/mol. The standard InChI is InChI=1S/C18H29ClN4O.HI/c1-6-20-17(22-12-11-21-16(24)18(3,4)5)23-13(2)14-9-7-8-10-15(14)19;/h7-10,13H,6,11-12H2,1-5H3,(H,21,24)(H2,20,22,23);1H. The molecule has 1 amide bonds. The van der Waals surface area contributed by atoms with Crippen LogP contribution in [0.4, 0.5) is 0 Å². The Kier molecular flexibility index (Phi) is 11.1. The van der Waals surface area contributed by atoms with E-state index in [1.165, 1.54) is 0 Å². The number of benzene rings is 1. The second-order valence-corrected chi connectivity index (χ2v) is 7.06. The molecule has 25 heavy (non-hydrogen) atoms. The zero-order valence-corrected chi connectivity index (χ0v) is 18.7. The van der Waals surface area contributed by atoms with E-state index in [0.29, 0.717) is 19.0 Å². The lowest BCUT2D eigenvalue weighted by atomic mass is 9.96. The summed E-state index contributed by atoms with van der Waals surface area (Å²) in [5.74, 6) is 0.732. The Labute approximate surface area is 173 Å². The maximum atomic E-state index is 11.8. The SMILES string of the molecule is CCNC(=NCCNC(=O)C(C)(C)C)NC(C)c1ccccc1Cl.I. The fourth-order valence-electron chi connectivity index (χ4n) is 2.03. The number of carbonyl (C=O) groups is 1. The number of hydrogen-bond donors (Lipinski definition) is 3. The van der Waals surface area contributed by atoms with E-state index in [0.717, 1.165) is 17.1 Å². The quantitative estimate of drug-likeness (QED) is 0.252. The molecule has 0 aromatic heterocycles. The van der Waals surface area contributed by atoms with Crippen LogP contribution in [-0.4, -0.2) is 31.5 Å². The Balaban J connectivity index is 0.00000576. The van der Waals surface area contributed by atoms with Crippen molar-refractivity contribution in [1.82, 2.24) is 16.0 Å². The summed E-state index contributed by atoms with van der Waals surface area (Å²) in [5, 5.41) is 10.2. The molecule has 0 saturated carbocycles. The van der Waals surface area contributed by atoms with Gasteiger partial charge in [0.05, 0.1) is 12.6 Å². The van der Waals surface area contributed by atoms with Gasteiger partial charge in [-0.2, -0.15) is 0 Å². The smallest absolute Gasteiger partial charge is 0.225 e. The van der Waals surface area contributed by atoms with Crippen molar-refractivity contribution in [3.8, 4) is 0 Å². The minimum absolute atomic E-state index is 0. The van der Waals surface area contributed by atoms with Crippen molar-refractivity contribution in [2.75, 3.05) is 19.6 Å². The van der Waals surface area contributed by atoms with Gasteiger partial charge in [0.25, 0.3) is 0 Å². The van der Waals surface area contributed by atoms with Crippen LogP contribution in [0, 0.1) is 5.41 Å². The van der Waals surface area contributed by atoms with Crippen LogP contribution in [0.2, 0.25) is 5.02 Å². The average molecular weight is 481 g/mol. The molecule has 1 unspecified atom stereocenters. The van der Waals surface area contributed by atoms with Gasteiger partial charge in [0.15, 0.2) is 5.96 Å². The summed E-state index contributed by atoms with van der Waals surface area (Å²) in [6.07, 6.45) is 0. The van der Waals surface area contributed by atoms with Gasteiger partial charge in [0.1, 0.15) is 0 Å². The molecular weight excluding hydrogens is 451 g/mol. The molecule has 7 heteroatoms. The summed E-state index contributed by atoms with van der Waals surface area (Å²) in [4.78, 5) is 16.3. The number of guanidine groups is 1. The number of hydrogen-bond acceptors (Lipinski definition) is 2. The van der Waals surface area contributed by atoms with Gasteiger partial charge in [0.2, 0.25) is 5.91 Å². The molecule has 1 atom stereocenters. The summed E-state index contributed by atoms with van der Waals surface area (Å²) in [7, 11) is 0. The zero-order chi connectivity index (χ0) is 18.2. The first kappa shape index (κ1) is 24.0. The molecule has 0 bridgehead atoms. The summed E-state index contributed by atoms with van der Waals surface area (Å²) in [6, 6.07) is 7.77. The number of nitrogens with zero attached hydrogens (tertiary/aromatic N) is 1. The van der Waals surface area contributed by atoms with Crippen molar-refractivity contribution in [3.63, 3.8) is 0 Å². The summed E-state index contributed by atoms with van der Waals surface area (Å²) in [6.45, 7) is 11.5. The topological polar surface area (TPSA) is 65.5 Å². The van der Waals surface area contributed by atoms with Gasteiger partial charge < -0.3 is 16.0 Å². The van der Waals surface area contributed by atoms with Gasteiger partial charge in [0, 0.05) is 23.5 Å². The molecule has 0 aliphatic heterocycles. The maximum absolute atomic E-state index is 11.8. The molecule has 1 aromatic rings. The second kappa shape index (κ2) is 11.6. The third kappa shape index (κ3) is 8.76. The van der Waals surface area contributed by atoms with Crippen LogP contribution in [0.3, 0.4) is 0 Å². The number of rotatable bonds is 6. The van der Waals surface area contributed by atoms with E-state index in [9.17, 15) is 4.79 Å². The lowest BCUT2D eigenvalue weighted by Gasteiger charge is -2.19. The Morgan fingerprint density at radius 1 is 1.24 bits per heavy atom. The Morgan fingerprint density at radius 2 is 1.88 bits per heavy atom. The fourth-order valence-corrected chi connectivity index (χ4v) is 2.33. The summed E-state index contributed by atoms with van der Waals surface area (Å²) < 4.78 is 0. The third-order valence-electron chi connectivity index (χ3n) is 3.42. The lowest BCUT2D eigenvalue weighted by molar-refractivity contribution is -0.128. The molecule has 0 radical (unpaired) electrons. The molecule has 0 aliphatic rings. The number of aliphatic imine (C=N–C) groups is 1. The van der Waals surface area contributed by atoms with Gasteiger partial charge >= 0.3 is 0 Å². The second-order valence-electron chi connectivity index (χ2n) is 6.65. The molecule has 0 saturated heterocycles. The van der Waals surface area contributed by atoms with E-state index in [2.05, 4.69) is 20.9 Å². The third-order valence-corrected chi connectivity index (χ3v) is 3.76. The highest BCUT2D eigenvalue weighted by molar-refractivity contribution is 14.0. The molecule has 5 nitrogen and oxygen atoms in total. The van der Waals surface area contributed by atoms with Crippen molar-refractivity contribution in [3.05, 3.63) is 34.9 Å². The predicted octanol–water partition coefficient (Wildman–Crippen LogP) is 3.74. The Hall–Kier alpha value is -1.02. The van der Waals surface area contributed by atoms with Crippen LogP contribution in [0.25, 0.3) is 0 Å². The van der Waals surface area contributed by atoms with Crippen LogP contribution in [0.15, 0.2) is 29.3 Å². The molecule has 142 valence electrons. The van der Waals surface area contributed by atoms with Gasteiger partial charge in [-0.1, -0.05) is 50.6 Å². The number of carbonyl (C=O) groups excluding carboxylic acids is 1. The van der Waals surface area contributed by atoms with Gasteiger partial charge in [-0.3, -0.25) is 9.79 Å². The normalized spacial score (nSPS) is 12.8. The first-order chi connectivity index (χ1) is 11.3. The molecule has 0 spiro atoms. The van der Waals surface area contributed by atoms with Crippen LogP contribution in [-0.2, 0) is 4.79 Å². The van der Waals surface area contributed by atoms with Gasteiger partial charge in [-0.05, 0) is 25.5 Å². The highest BCUT2D eigenvalue weighted by Crippen LogP contribution is 2.21. The van der Waals surface area contributed by atoms with Crippen molar-refractivity contribution < 1.29 is 4.79 Å². The summed E-state index contributed by atoms with van der Waals surface area (Å²) in [5.41, 5.74) is 0.635. The zero-order valence-electron chi connectivity index (χ0n) is 15.6. The number of nitrogens with one attached hydrogen (secondary N) is 3. The van der Waals surface area contributed by atoms with Crippen LogP contribution in [0.1, 0.15) is 46.2 Å². The van der Waals surface area contributed by atoms with E-state index in [-0.39, 0.29) is 41.3 Å². The molecule has 3 N–H and O–H groups in total. The van der Waals surface area contributed by atoms with E-state index in [1.807, 2.05) is 58.9 Å². The Bertz CT molecular complexity index is 572. The van der Waals surface area contributed by atoms with Gasteiger partial charge in [-0.15, -0.1) is 24.0 Å².